The number of hydrogen-bond acceptors (Lipinski definition) is 5. The van der Waals surface area contributed by atoms with Crippen molar-refractivity contribution < 1.29 is 4.74 Å². The number of nitrogens with one attached hydrogen (secondary N) is 1. The van der Waals surface area contributed by atoms with Crippen LogP contribution in [-0.4, -0.2) is 23.6 Å². The van der Waals surface area contributed by atoms with Crippen LogP contribution in [0.1, 0.15) is 29.2 Å². The number of pyridine rings is 1. The molecule has 0 unspecified atom stereocenters. The van der Waals surface area contributed by atoms with Crippen molar-refractivity contribution in [1.82, 2.24) is 10.4 Å². The third kappa shape index (κ3) is 3.44. The van der Waals surface area contributed by atoms with Crippen LogP contribution in [0.3, 0.4) is 0 Å². The van der Waals surface area contributed by atoms with E-state index >= 15 is 0 Å². The average Bonchev–Trinajstić information content (AvgIpc) is 2.93. The largest absolute Gasteiger partial charge is 0.497 e. The molecule has 5 heteroatoms. The van der Waals surface area contributed by atoms with Crippen molar-refractivity contribution in [3.8, 4) is 5.75 Å². The van der Waals surface area contributed by atoms with Crippen LogP contribution in [0, 0.1) is 0 Å². The van der Waals surface area contributed by atoms with Crippen LogP contribution in [0.2, 0.25) is 0 Å². The van der Waals surface area contributed by atoms with E-state index in [9.17, 15) is 0 Å². The first-order valence-corrected chi connectivity index (χ1v) is 8.89. The molecule has 1 aliphatic heterocycles. The summed E-state index contributed by atoms with van der Waals surface area (Å²) in [6.45, 7) is 2.14. The van der Waals surface area contributed by atoms with E-state index in [1.807, 2.05) is 42.6 Å². The Bertz CT molecular complexity index is 1010. The number of hydrazone groups is 1. The van der Waals surface area contributed by atoms with Crippen LogP contribution < -0.4 is 10.2 Å². The standard InChI is InChI=1S/C22H20N4O/c1-3-15-6-11-20-19(13-15)21(17-5-4-12-23-14-17)25-26-22(24-20)16-7-9-18(27-2)10-8-16/h4-14H,3H2,1-2H3,(H,24,26). The first-order valence-electron chi connectivity index (χ1n) is 8.89. The first kappa shape index (κ1) is 17.0. The minimum atomic E-state index is 0.696. The minimum Gasteiger partial charge on any atom is -0.497 e. The Morgan fingerprint density at radius 2 is 1.85 bits per heavy atom. The zero-order valence-corrected chi connectivity index (χ0v) is 15.3. The molecule has 0 amide bonds. The lowest BCUT2D eigenvalue weighted by Crippen LogP contribution is -2.19. The lowest BCUT2D eigenvalue weighted by atomic mass is 9.99. The number of aryl methyl sites for hydroxylation is 1. The summed E-state index contributed by atoms with van der Waals surface area (Å²) in [5.74, 6) is 1.50. The number of amidine groups is 1. The van der Waals surface area contributed by atoms with E-state index in [0.29, 0.717) is 5.84 Å². The summed E-state index contributed by atoms with van der Waals surface area (Å²) < 4.78 is 5.24. The molecule has 0 radical (unpaired) electrons. The van der Waals surface area contributed by atoms with Crippen molar-refractivity contribution in [2.75, 3.05) is 7.11 Å². The number of benzene rings is 2. The van der Waals surface area contributed by atoms with Crippen LogP contribution in [0.25, 0.3) is 0 Å². The Kier molecular flexibility index (Phi) is 4.66. The lowest BCUT2D eigenvalue weighted by Gasteiger charge is -2.09. The van der Waals surface area contributed by atoms with E-state index in [-0.39, 0.29) is 0 Å². The fourth-order valence-corrected chi connectivity index (χ4v) is 3.01. The highest BCUT2D eigenvalue weighted by Crippen LogP contribution is 2.27. The van der Waals surface area contributed by atoms with Gasteiger partial charge in [0.25, 0.3) is 0 Å². The molecule has 2 aromatic carbocycles. The summed E-state index contributed by atoms with van der Waals surface area (Å²) in [7, 11) is 1.66. The lowest BCUT2D eigenvalue weighted by molar-refractivity contribution is 0.415. The van der Waals surface area contributed by atoms with E-state index in [1.165, 1.54) is 5.56 Å². The quantitative estimate of drug-likeness (QED) is 0.766. The van der Waals surface area contributed by atoms with Crippen molar-refractivity contribution in [3.05, 3.63) is 89.2 Å². The van der Waals surface area contributed by atoms with Crippen LogP contribution in [-0.2, 0) is 6.42 Å². The number of aliphatic imine (C=N–C) groups is 1. The smallest absolute Gasteiger partial charge is 0.154 e. The minimum absolute atomic E-state index is 0.696. The second-order valence-electron chi connectivity index (χ2n) is 6.21. The molecule has 134 valence electrons. The Morgan fingerprint density at radius 1 is 1.00 bits per heavy atom. The van der Waals surface area contributed by atoms with Crippen LogP contribution in [0.15, 0.2) is 77.1 Å². The maximum atomic E-state index is 5.24. The van der Waals surface area contributed by atoms with Gasteiger partial charge in [0.15, 0.2) is 5.84 Å². The number of ether oxygens (including phenoxy) is 1. The summed E-state index contributed by atoms with van der Waals surface area (Å²) in [5.41, 5.74) is 8.99. The second-order valence-corrected chi connectivity index (χ2v) is 6.21. The van der Waals surface area contributed by atoms with Crippen molar-refractivity contribution >= 4 is 17.2 Å². The first-order chi connectivity index (χ1) is 13.3. The summed E-state index contributed by atoms with van der Waals surface area (Å²) in [5, 5.41) is 4.68. The number of fused-ring (bicyclic) bond motifs is 1. The maximum absolute atomic E-state index is 5.24. The summed E-state index contributed by atoms with van der Waals surface area (Å²) in [4.78, 5) is 9.09. The van der Waals surface area contributed by atoms with Gasteiger partial charge in [-0.3, -0.25) is 10.4 Å². The van der Waals surface area contributed by atoms with Gasteiger partial charge in [0.2, 0.25) is 0 Å². The van der Waals surface area contributed by atoms with Gasteiger partial charge < -0.3 is 4.74 Å². The van der Waals surface area contributed by atoms with E-state index in [0.717, 1.165) is 40.3 Å². The van der Waals surface area contributed by atoms with Crippen LogP contribution in [0.5, 0.6) is 5.75 Å². The molecule has 2 heterocycles. The molecule has 1 aliphatic rings. The van der Waals surface area contributed by atoms with Gasteiger partial charge in [-0.05, 0) is 60.5 Å². The molecule has 3 aromatic rings. The van der Waals surface area contributed by atoms with Crippen molar-refractivity contribution in [1.29, 1.82) is 0 Å². The number of hydrogen-bond donors (Lipinski definition) is 1. The molecule has 1 aromatic heterocycles. The number of aromatic nitrogens is 1. The molecule has 4 rings (SSSR count). The highest BCUT2D eigenvalue weighted by atomic mass is 16.5. The summed E-state index contributed by atoms with van der Waals surface area (Å²) >= 11 is 0. The number of rotatable bonds is 4. The third-order valence-electron chi connectivity index (χ3n) is 4.53. The molecule has 0 spiro atoms. The molecule has 0 bridgehead atoms. The SMILES string of the molecule is CCc1ccc2c(c1)C(c1cccnc1)=NNC(c1ccc(OC)cc1)=N2. The summed E-state index contributed by atoms with van der Waals surface area (Å²) in [6, 6.07) is 18.0. The van der Waals surface area contributed by atoms with Gasteiger partial charge >= 0.3 is 0 Å². The number of methoxy groups -OCH3 is 1. The predicted octanol–water partition coefficient (Wildman–Crippen LogP) is 4.09. The predicted molar refractivity (Wildman–Crippen MR) is 108 cm³/mol. The Balaban J connectivity index is 1.83. The van der Waals surface area contributed by atoms with E-state index in [1.54, 1.807) is 13.3 Å². The average molecular weight is 356 g/mol. The molecular formula is C22H20N4O. The Hall–Kier alpha value is -3.47. The zero-order valence-electron chi connectivity index (χ0n) is 15.3. The second kappa shape index (κ2) is 7.41. The normalized spacial score (nSPS) is 13.0. The molecular weight excluding hydrogens is 336 g/mol. The van der Waals surface area contributed by atoms with Crippen molar-refractivity contribution in [2.45, 2.75) is 13.3 Å². The Morgan fingerprint density at radius 3 is 2.56 bits per heavy atom. The molecule has 0 atom stereocenters. The van der Waals surface area contributed by atoms with Crippen molar-refractivity contribution in [2.24, 2.45) is 10.1 Å². The zero-order chi connectivity index (χ0) is 18.6. The van der Waals surface area contributed by atoms with Crippen molar-refractivity contribution in [3.63, 3.8) is 0 Å². The van der Waals surface area contributed by atoms with Gasteiger partial charge in [0.05, 0.1) is 12.8 Å². The molecule has 27 heavy (non-hydrogen) atoms. The maximum Gasteiger partial charge on any atom is 0.154 e. The number of nitrogens with zero attached hydrogens (tertiary/aromatic N) is 3. The van der Waals surface area contributed by atoms with Crippen LogP contribution >= 0.6 is 0 Å². The van der Waals surface area contributed by atoms with Gasteiger partial charge in [-0.25, -0.2) is 4.99 Å². The highest BCUT2D eigenvalue weighted by molar-refractivity contribution is 6.17. The third-order valence-corrected chi connectivity index (χ3v) is 4.53. The van der Waals surface area contributed by atoms with Gasteiger partial charge in [0.1, 0.15) is 11.5 Å². The molecule has 0 aliphatic carbocycles. The van der Waals surface area contributed by atoms with E-state index in [2.05, 4.69) is 40.6 Å². The highest BCUT2D eigenvalue weighted by Gasteiger charge is 2.17. The monoisotopic (exact) mass is 356 g/mol. The molecule has 1 N–H and O–H groups in total. The topological polar surface area (TPSA) is 58.9 Å². The van der Waals surface area contributed by atoms with E-state index < -0.39 is 0 Å². The molecule has 0 saturated carbocycles. The summed E-state index contributed by atoms with van der Waals surface area (Å²) in [6.07, 6.45) is 4.54. The molecule has 5 nitrogen and oxygen atoms in total. The van der Waals surface area contributed by atoms with Gasteiger partial charge in [-0.2, -0.15) is 5.10 Å². The van der Waals surface area contributed by atoms with Gasteiger partial charge in [-0.15, -0.1) is 0 Å². The van der Waals surface area contributed by atoms with Gasteiger partial charge in [-0.1, -0.05) is 13.0 Å². The van der Waals surface area contributed by atoms with Crippen LogP contribution in [0.4, 0.5) is 5.69 Å². The molecule has 0 fully saturated rings. The fraction of sp³-hybridized carbons (Fsp3) is 0.136. The van der Waals surface area contributed by atoms with E-state index in [4.69, 9.17) is 9.73 Å². The Labute approximate surface area is 158 Å². The molecule has 0 saturated heterocycles. The fourth-order valence-electron chi connectivity index (χ4n) is 3.01. The van der Waals surface area contributed by atoms with Gasteiger partial charge in [0, 0.05) is 29.1 Å².